The maximum atomic E-state index is 13.2. The average Bonchev–Trinajstić information content (AvgIpc) is 2.68. The van der Waals surface area contributed by atoms with Crippen molar-refractivity contribution in [2.75, 3.05) is 0 Å². The van der Waals surface area contributed by atoms with Crippen LogP contribution in [0.2, 0.25) is 5.02 Å². The molecule has 2 heterocycles. The molecule has 0 saturated carbocycles. The Labute approximate surface area is 178 Å². The van der Waals surface area contributed by atoms with Gasteiger partial charge < -0.3 is 4.98 Å². The maximum Gasteiger partial charge on any atom is 0.433 e. The number of benzene rings is 2. The van der Waals surface area contributed by atoms with Crippen LogP contribution in [0.15, 0.2) is 69.4 Å². The SMILES string of the molecule is Cc1cc(C(F)(F)F)nc(Sc2c(-c3ccccc3)c3cc(Cl)ccc3[nH]c2=O)n1. The van der Waals surface area contributed by atoms with Crippen LogP contribution >= 0.6 is 23.4 Å². The van der Waals surface area contributed by atoms with Gasteiger partial charge in [0.05, 0.1) is 4.90 Å². The van der Waals surface area contributed by atoms with Gasteiger partial charge in [-0.25, -0.2) is 9.97 Å². The van der Waals surface area contributed by atoms with E-state index in [1.54, 1.807) is 18.2 Å². The van der Waals surface area contributed by atoms with E-state index in [0.717, 1.165) is 23.4 Å². The number of halogens is 4. The molecule has 0 fully saturated rings. The zero-order valence-electron chi connectivity index (χ0n) is 15.4. The Morgan fingerprint density at radius 3 is 2.47 bits per heavy atom. The number of pyridine rings is 1. The first-order chi connectivity index (χ1) is 14.2. The monoisotopic (exact) mass is 447 g/mol. The lowest BCUT2D eigenvalue weighted by molar-refractivity contribution is -0.141. The number of hydrogen-bond acceptors (Lipinski definition) is 4. The molecule has 4 rings (SSSR count). The summed E-state index contributed by atoms with van der Waals surface area (Å²) in [6.07, 6.45) is -4.62. The molecule has 0 unspecified atom stereocenters. The van der Waals surface area contributed by atoms with Gasteiger partial charge in [0.15, 0.2) is 5.16 Å². The number of hydrogen-bond donors (Lipinski definition) is 1. The fourth-order valence-electron chi connectivity index (χ4n) is 3.06. The van der Waals surface area contributed by atoms with Crippen LogP contribution in [-0.2, 0) is 6.18 Å². The first-order valence-corrected chi connectivity index (χ1v) is 9.93. The quantitative estimate of drug-likeness (QED) is 0.384. The number of nitrogens with one attached hydrogen (secondary N) is 1. The first kappa shape index (κ1) is 20.4. The fraction of sp³-hybridized carbons (Fsp3) is 0.0952. The van der Waals surface area contributed by atoms with Crippen LogP contribution in [0.25, 0.3) is 22.0 Å². The fourth-order valence-corrected chi connectivity index (χ4v) is 4.22. The molecule has 0 aliphatic carbocycles. The third-order valence-electron chi connectivity index (χ3n) is 4.31. The second-order valence-electron chi connectivity index (χ2n) is 6.49. The lowest BCUT2D eigenvalue weighted by Crippen LogP contribution is -2.13. The van der Waals surface area contributed by atoms with Gasteiger partial charge in [-0.05, 0) is 48.5 Å². The molecule has 4 aromatic rings. The number of nitrogens with zero attached hydrogens (tertiary/aromatic N) is 2. The minimum absolute atomic E-state index is 0.154. The van der Waals surface area contributed by atoms with Crippen molar-refractivity contribution in [1.29, 1.82) is 0 Å². The summed E-state index contributed by atoms with van der Waals surface area (Å²) in [5, 5.41) is 0.972. The molecule has 1 N–H and O–H groups in total. The summed E-state index contributed by atoms with van der Waals surface area (Å²) in [5.41, 5.74) is 0.490. The molecule has 0 amide bonds. The molecule has 9 heteroatoms. The smallest absolute Gasteiger partial charge is 0.321 e. The Morgan fingerprint density at radius 2 is 1.77 bits per heavy atom. The molecule has 2 aromatic heterocycles. The van der Waals surface area contributed by atoms with Gasteiger partial charge in [-0.15, -0.1) is 0 Å². The molecule has 0 spiro atoms. The standard InChI is InChI=1S/C21H13ClF3N3OS/c1-11-9-16(21(23,24)25)28-20(26-11)30-18-17(12-5-3-2-4-6-12)14-10-13(22)7-8-15(14)27-19(18)29/h2-10H,1H3,(H,27,29). The predicted octanol–water partition coefficient (Wildman–Crippen LogP) is 6.12. The highest BCUT2D eigenvalue weighted by Crippen LogP contribution is 2.38. The Kier molecular flexibility index (Phi) is 5.29. The van der Waals surface area contributed by atoms with Gasteiger partial charge in [-0.3, -0.25) is 4.79 Å². The van der Waals surface area contributed by atoms with Gasteiger partial charge in [-0.2, -0.15) is 13.2 Å². The Hall–Kier alpha value is -2.84. The van der Waals surface area contributed by atoms with Crippen LogP contribution in [0.4, 0.5) is 13.2 Å². The van der Waals surface area contributed by atoms with Gasteiger partial charge >= 0.3 is 6.18 Å². The van der Waals surface area contributed by atoms with Crippen molar-refractivity contribution < 1.29 is 13.2 Å². The van der Waals surface area contributed by atoms with Crippen molar-refractivity contribution >= 4 is 34.3 Å². The second-order valence-corrected chi connectivity index (χ2v) is 7.91. The minimum Gasteiger partial charge on any atom is -0.321 e. The highest BCUT2D eigenvalue weighted by molar-refractivity contribution is 7.99. The van der Waals surface area contributed by atoms with E-state index < -0.39 is 17.4 Å². The summed E-state index contributed by atoms with van der Waals surface area (Å²) < 4.78 is 39.5. The van der Waals surface area contributed by atoms with E-state index >= 15 is 0 Å². The number of rotatable bonds is 3. The molecular weight excluding hydrogens is 435 g/mol. The summed E-state index contributed by atoms with van der Waals surface area (Å²) in [6.45, 7) is 1.45. The first-order valence-electron chi connectivity index (χ1n) is 8.74. The van der Waals surface area contributed by atoms with E-state index in [-0.39, 0.29) is 15.7 Å². The molecule has 0 aliphatic rings. The number of aromatic nitrogens is 3. The van der Waals surface area contributed by atoms with E-state index in [2.05, 4.69) is 15.0 Å². The minimum atomic E-state index is -4.62. The molecule has 4 nitrogen and oxygen atoms in total. The summed E-state index contributed by atoms with van der Waals surface area (Å²) in [4.78, 5) is 23.6. The van der Waals surface area contributed by atoms with Gasteiger partial charge in [0.2, 0.25) is 0 Å². The molecule has 0 atom stereocenters. The summed E-state index contributed by atoms with van der Waals surface area (Å²) in [7, 11) is 0. The molecule has 2 aromatic carbocycles. The normalized spacial score (nSPS) is 11.8. The van der Waals surface area contributed by atoms with E-state index in [1.165, 1.54) is 6.92 Å². The molecular formula is C21H13ClF3N3OS. The number of aryl methyl sites for hydroxylation is 1. The Morgan fingerprint density at radius 1 is 1.03 bits per heavy atom. The number of fused-ring (bicyclic) bond motifs is 1. The molecule has 0 radical (unpaired) electrons. The zero-order chi connectivity index (χ0) is 21.5. The van der Waals surface area contributed by atoms with Crippen LogP contribution in [0.3, 0.4) is 0 Å². The largest absolute Gasteiger partial charge is 0.433 e. The predicted molar refractivity (Wildman–Crippen MR) is 111 cm³/mol. The number of H-pyrrole nitrogens is 1. The van der Waals surface area contributed by atoms with Crippen LogP contribution in [0, 0.1) is 6.92 Å². The molecule has 0 saturated heterocycles. The highest BCUT2D eigenvalue weighted by atomic mass is 35.5. The van der Waals surface area contributed by atoms with Crippen molar-refractivity contribution in [2.24, 2.45) is 0 Å². The van der Waals surface area contributed by atoms with Gasteiger partial charge in [0, 0.05) is 27.2 Å². The van der Waals surface area contributed by atoms with Crippen molar-refractivity contribution in [3.63, 3.8) is 0 Å². The third-order valence-corrected chi connectivity index (χ3v) is 5.51. The van der Waals surface area contributed by atoms with E-state index in [9.17, 15) is 18.0 Å². The molecule has 0 aliphatic heterocycles. The number of aromatic amines is 1. The average molecular weight is 448 g/mol. The molecule has 30 heavy (non-hydrogen) atoms. The topological polar surface area (TPSA) is 58.6 Å². The van der Waals surface area contributed by atoms with Crippen molar-refractivity contribution in [1.82, 2.24) is 15.0 Å². The maximum absolute atomic E-state index is 13.2. The van der Waals surface area contributed by atoms with Gasteiger partial charge in [-0.1, -0.05) is 41.9 Å². The zero-order valence-corrected chi connectivity index (χ0v) is 17.0. The van der Waals surface area contributed by atoms with Crippen LogP contribution < -0.4 is 5.56 Å². The Bertz CT molecular complexity index is 1310. The van der Waals surface area contributed by atoms with E-state index in [0.29, 0.717) is 21.5 Å². The lowest BCUT2D eigenvalue weighted by Gasteiger charge is -2.13. The van der Waals surface area contributed by atoms with Gasteiger partial charge in [0.25, 0.3) is 5.56 Å². The van der Waals surface area contributed by atoms with Crippen LogP contribution in [-0.4, -0.2) is 15.0 Å². The van der Waals surface area contributed by atoms with Crippen molar-refractivity contribution in [3.05, 3.63) is 81.4 Å². The lowest BCUT2D eigenvalue weighted by atomic mass is 10.0. The Balaban J connectivity index is 1.97. The van der Waals surface area contributed by atoms with Crippen LogP contribution in [0.1, 0.15) is 11.4 Å². The summed E-state index contributed by atoms with van der Waals surface area (Å²) >= 11 is 6.97. The van der Waals surface area contributed by atoms with E-state index in [4.69, 9.17) is 11.6 Å². The summed E-state index contributed by atoms with van der Waals surface area (Å²) in [5.74, 6) is 0. The van der Waals surface area contributed by atoms with Crippen molar-refractivity contribution in [3.8, 4) is 11.1 Å². The second kappa shape index (κ2) is 7.77. The van der Waals surface area contributed by atoms with Gasteiger partial charge in [0.1, 0.15) is 5.69 Å². The number of alkyl halides is 3. The summed E-state index contributed by atoms with van der Waals surface area (Å²) in [6, 6.07) is 15.0. The highest BCUT2D eigenvalue weighted by Gasteiger charge is 2.33. The van der Waals surface area contributed by atoms with Crippen LogP contribution in [0.5, 0.6) is 0 Å². The third kappa shape index (κ3) is 4.06. The molecule has 0 bridgehead atoms. The van der Waals surface area contributed by atoms with Crippen molar-refractivity contribution in [2.45, 2.75) is 23.2 Å². The molecule has 152 valence electrons. The van der Waals surface area contributed by atoms with E-state index in [1.807, 2.05) is 30.3 Å².